The van der Waals surface area contributed by atoms with Gasteiger partial charge in [0.05, 0.1) is 0 Å². The molecule has 0 heterocycles. The normalized spacial score (nSPS) is 11.1. The summed E-state index contributed by atoms with van der Waals surface area (Å²) in [5.74, 6) is 0.793. The minimum absolute atomic E-state index is 0.264. The highest BCUT2D eigenvalue weighted by atomic mass is 16.3. The lowest BCUT2D eigenvalue weighted by Crippen LogP contribution is -1.95. The van der Waals surface area contributed by atoms with Crippen LogP contribution in [0.3, 0.4) is 0 Å². The minimum Gasteiger partial charge on any atom is -0.508 e. The molecule has 0 spiro atoms. The van der Waals surface area contributed by atoms with Gasteiger partial charge in [0.15, 0.2) is 0 Å². The van der Waals surface area contributed by atoms with Gasteiger partial charge in [-0.2, -0.15) is 0 Å². The summed E-state index contributed by atoms with van der Waals surface area (Å²) in [5.41, 5.74) is 12.5. The maximum Gasteiger partial charge on any atom is 0.116 e. The summed E-state index contributed by atoms with van der Waals surface area (Å²) >= 11 is 0. The smallest absolute Gasteiger partial charge is 0.116 e. The first-order valence-electron chi connectivity index (χ1n) is 11.1. The fourth-order valence-corrected chi connectivity index (χ4v) is 5.25. The van der Waals surface area contributed by atoms with Crippen LogP contribution >= 0.6 is 0 Å². The van der Waals surface area contributed by atoms with Gasteiger partial charge in [-0.25, -0.2) is 0 Å². The molecule has 0 bridgehead atoms. The van der Waals surface area contributed by atoms with E-state index in [1.54, 1.807) is 36.4 Å². The summed E-state index contributed by atoms with van der Waals surface area (Å²) in [6.45, 7) is 12.1. The third kappa shape index (κ3) is 4.19. The second kappa shape index (κ2) is 8.32. The Balaban J connectivity index is 2.08. The first-order chi connectivity index (χ1) is 15.5. The number of aromatic hydroxyl groups is 3. The van der Waals surface area contributed by atoms with E-state index in [4.69, 9.17) is 0 Å². The van der Waals surface area contributed by atoms with Crippen LogP contribution < -0.4 is 0 Å². The van der Waals surface area contributed by atoms with Gasteiger partial charge in [0.25, 0.3) is 0 Å². The zero-order valence-corrected chi connectivity index (χ0v) is 20.0. The number of hydrogen-bond acceptors (Lipinski definition) is 3. The van der Waals surface area contributed by atoms with Crippen LogP contribution in [-0.2, 0) is 0 Å². The summed E-state index contributed by atoms with van der Waals surface area (Å²) in [5, 5.41) is 30.2. The van der Waals surface area contributed by atoms with Crippen LogP contribution in [0.5, 0.6) is 17.2 Å². The molecule has 0 saturated heterocycles. The van der Waals surface area contributed by atoms with E-state index in [2.05, 4.69) is 18.2 Å². The Labute approximate surface area is 195 Å². The van der Waals surface area contributed by atoms with Crippen LogP contribution in [0, 0.1) is 41.5 Å². The number of phenols is 3. The third-order valence-electron chi connectivity index (χ3n) is 6.35. The highest BCUT2D eigenvalue weighted by molar-refractivity contribution is 5.86. The second-order valence-corrected chi connectivity index (χ2v) is 9.16. The van der Waals surface area contributed by atoms with Crippen molar-refractivity contribution in [2.75, 3.05) is 0 Å². The average molecular weight is 439 g/mol. The molecule has 0 aliphatic rings. The van der Waals surface area contributed by atoms with Crippen LogP contribution in [0.15, 0.2) is 54.6 Å². The molecule has 0 unspecified atom stereocenters. The first-order valence-corrected chi connectivity index (χ1v) is 11.1. The van der Waals surface area contributed by atoms with Crippen molar-refractivity contribution in [3.8, 4) is 50.6 Å². The molecule has 3 N–H and O–H groups in total. The molecule has 0 amide bonds. The fraction of sp³-hybridized carbons (Fsp3) is 0.200. The lowest BCUT2D eigenvalue weighted by molar-refractivity contribution is 0.474. The number of rotatable bonds is 3. The molecule has 33 heavy (non-hydrogen) atoms. The number of phenolic OH excluding ortho intramolecular Hbond substituents is 3. The summed E-state index contributed by atoms with van der Waals surface area (Å²) in [6, 6.07) is 17.3. The van der Waals surface area contributed by atoms with E-state index in [0.29, 0.717) is 0 Å². The Morgan fingerprint density at radius 3 is 0.697 bits per heavy atom. The highest BCUT2D eigenvalue weighted by Crippen LogP contribution is 2.41. The van der Waals surface area contributed by atoms with E-state index in [0.717, 1.165) is 66.8 Å². The molecular weight excluding hydrogens is 408 g/mol. The number of hydrogen-bond donors (Lipinski definition) is 3. The van der Waals surface area contributed by atoms with Crippen LogP contribution in [0.4, 0.5) is 0 Å². The van der Waals surface area contributed by atoms with Gasteiger partial charge in [-0.15, -0.1) is 0 Å². The standard InChI is InChI=1S/C30H30O3/c1-16-7-25(31)8-17(2)28(16)22-13-23(29-18(3)9-26(32)10-19(29)4)15-24(14-22)30-20(5)11-27(33)12-21(30)6/h7-15,31-33H,1-6H3. The van der Waals surface area contributed by atoms with Crippen LogP contribution in [0.2, 0.25) is 0 Å². The van der Waals surface area contributed by atoms with E-state index < -0.39 is 0 Å². The molecule has 3 nitrogen and oxygen atoms in total. The lowest BCUT2D eigenvalue weighted by Gasteiger charge is -2.19. The fourth-order valence-electron chi connectivity index (χ4n) is 5.25. The Bertz CT molecular complexity index is 1140. The van der Waals surface area contributed by atoms with Crippen molar-refractivity contribution < 1.29 is 15.3 Å². The van der Waals surface area contributed by atoms with Gasteiger partial charge in [-0.05, 0) is 163 Å². The molecule has 0 aromatic heterocycles. The molecule has 168 valence electrons. The topological polar surface area (TPSA) is 60.7 Å². The highest BCUT2D eigenvalue weighted by Gasteiger charge is 2.16. The predicted octanol–water partition coefficient (Wildman–Crippen LogP) is 7.65. The van der Waals surface area contributed by atoms with E-state index in [1.165, 1.54) is 0 Å². The summed E-state index contributed by atoms with van der Waals surface area (Å²) in [6.07, 6.45) is 0. The van der Waals surface area contributed by atoms with Gasteiger partial charge < -0.3 is 15.3 Å². The van der Waals surface area contributed by atoms with E-state index in [1.807, 2.05) is 41.5 Å². The molecule has 4 aromatic rings. The van der Waals surface area contributed by atoms with Gasteiger partial charge >= 0.3 is 0 Å². The van der Waals surface area contributed by atoms with Gasteiger partial charge in [0.2, 0.25) is 0 Å². The third-order valence-corrected chi connectivity index (χ3v) is 6.35. The summed E-state index contributed by atoms with van der Waals surface area (Å²) in [4.78, 5) is 0. The van der Waals surface area contributed by atoms with Crippen LogP contribution in [0.25, 0.3) is 33.4 Å². The number of aryl methyl sites for hydroxylation is 6. The van der Waals surface area contributed by atoms with Crippen molar-refractivity contribution >= 4 is 0 Å². The monoisotopic (exact) mass is 438 g/mol. The molecule has 0 fully saturated rings. The molecule has 4 aromatic carbocycles. The molecule has 0 radical (unpaired) electrons. The van der Waals surface area contributed by atoms with Crippen molar-refractivity contribution in [3.63, 3.8) is 0 Å². The maximum absolute atomic E-state index is 10.1. The largest absolute Gasteiger partial charge is 0.508 e. The Morgan fingerprint density at radius 2 is 0.515 bits per heavy atom. The Kier molecular flexibility index (Phi) is 5.67. The zero-order valence-electron chi connectivity index (χ0n) is 20.0. The SMILES string of the molecule is Cc1cc(O)cc(C)c1-c1cc(-c2c(C)cc(O)cc2C)cc(-c2c(C)cc(O)cc2C)c1. The van der Waals surface area contributed by atoms with Gasteiger partial charge in [-0.1, -0.05) is 0 Å². The van der Waals surface area contributed by atoms with Gasteiger partial charge in [0, 0.05) is 0 Å². The van der Waals surface area contributed by atoms with E-state index in [-0.39, 0.29) is 17.2 Å². The predicted molar refractivity (Wildman–Crippen MR) is 136 cm³/mol. The maximum atomic E-state index is 10.1. The Hall–Kier alpha value is -3.72. The Morgan fingerprint density at radius 1 is 0.333 bits per heavy atom. The molecule has 0 aliphatic carbocycles. The summed E-state index contributed by atoms with van der Waals surface area (Å²) in [7, 11) is 0. The molecule has 0 atom stereocenters. The molecule has 0 aliphatic heterocycles. The molecular formula is C30H30O3. The van der Waals surface area contributed by atoms with Crippen LogP contribution in [-0.4, -0.2) is 15.3 Å². The quantitative estimate of drug-likeness (QED) is 0.308. The van der Waals surface area contributed by atoms with Crippen molar-refractivity contribution in [1.82, 2.24) is 0 Å². The molecule has 3 heteroatoms. The van der Waals surface area contributed by atoms with Gasteiger partial charge in [0.1, 0.15) is 17.2 Å². The van der Waals surface area contributed by atoms with Crippen molar-refractivity contribution in [2.45, 2.75) is 41.5 Å². The first kappa shape index (κ1) is 22.5. The van der Waals surface area contributed by atoms with E-state index in [9.17, 15) is 15.3 Å². The molecule has 4 rings (SSSR count). The molecule has 0 saturated carbocycles. The average Bonchev–Trinajstić information content (AvgIpc) is 2.65. The summed E-state index contributed by atoms with van der Waals surface area (Å²) < 4.78 is 0. The van der Waals surface area contributed by atoms with Crippen molar-refractivity contribution in [3.05, 3.63) is 88.0 Å². The van der Waals surface area contributed by atoms with Gasteiger partial charge in [-0.3, -0.25) is 0 Å². The lowest BCUT2D eigenvalue weighted by atomic mass is 9.86. The number of benzene rings is 4. The minimum atomic E-state index is 0.264. The van der Waals surface area contributed by atoms with E-state index >= 15 is 0 Å². The van der Waals surface area contributed by atoms with Crippen molar-refractivity contribution in [1.29, 1.82) is 0 Å². The van der Waals surface area contributed by atoms with Crippen molar-refractivity contribution in [2.24, 2.45) is 0 Å². The second-order valence-electron chi connectivity index (χ2n) is 9.16. The van der Waals surface area contributed by atoms with Crippen LogP contribution in [0.1, 0.15) is 33.4 Å². The zero-order chi connectivity index (χ0) is 24.0.